The molecule has 0 bridgehead atoms. The van der Waals surface area contributed by atoms with Gasteiger partial charge in [0.05, 0.1) is 11.0 Å². The van der Waals surface area contributed by atoms with Crippen molar-refractivity contribution in [2.45, 2.75) is 0 Å². The standard InChI is InChI=1S/C39H23NS.C33H20N2S.C33H19NS.C29H17NS/c1-2-10-25-21-26(18-17-24(25)9-1)36-30-11-3-5-13-32(30)37(33-14-6-4-12-31(33)36)27-19-20-29-28(22-27)23-40-39-38(29)34-15-7-8-16-35(34)41-39;1-4-10-29-26(7-1)27-8-2-5-11-30(27)35(29)24-16-13-21(14-17-24)22-15-18-25-23(19-22)20-34-33-32(25)28-9-3-6-12-31(28)36-33;1-2-9-26-24(7-1)25-8-3-4-10-27(25)30-18-21(14-16-28(26)30)20-13-15-23-22(17-20)19-34-33-32(23)29-11-5-6-12-31(29)35-33;1-2-6-23-18(5-1)9-10-21-15-19(11-13-24(21)23)20-12-14-25-22(16-20)17-30-29-28(25)26-7-3-4-8-27(26)31-29/h1-23H;1-20H;1-19H;1-17H. The SMILES string of the molecule is c1ccc2c(c1)ccc1cc(-c3ccc4c(cnc5sc6ccccc6c54)c3)ccc12.c1ccc2c(c1)sc1ncc3cc(-c4ccc(-n5c6ccccc6c6ccccc65)cc4)ccc3c12.c1ccc2c(c1)sc1ncc3cc(-c4ccc5c6ccccc6c6ccccc6c5c4)ccc3c12.c1ccc2cc(-c3c4ccccc4c(-c4ccc5c(cnc6sc7ccccc7c65)c4)c4ccccc34)ccc2c1. The summed E-state index contributed by atoms with van der Waals surface area (Å²) in [4.78, 5) is 23.7. The summed E-state index contributed by atoms with van der Waals surface area (Å²) < 4.78 is 7.52. The van der Waals surface area contributed by atoms with E-state index < -0.39 is 0 Å². The lowest BCUT2D eigenvalue weighted by Crippen LogP contribution is -1.93. The summed E-state index contributed by atoms with van der Waals surface area (Å²) in [5.74, 6) is 0. The molecule has 0 fully saturated rings. The highest BCUT2D eigenvalue weighted by atomic mass is 32.1. The van der Waals surface area contributed by atoms with Crippen molar-refractivity contribution < 1.29 is 0 Å². The van der Waals surface area contributed by atoms with Crippen molar-refractivity contribution in [2.75, 3.05) is 0 Å². The number of hydrogen-bond donors (Lipinski definition) is 0. The summed E-state index contributed by atoms with van der Waals surface area (Å²) >= 11 is 7.07. The first-order chi connectivity index (χ1) is 70.9. The van der Waals surface area contributed by atoms with Crippen molar-refractivity contribution in [1.82, 2.24) is 24.5 Å². The molecule has 0 saturated heterocycles. The maximum absolute atomic E-state index is 4.90. The van der Waals surface area contributed by atoms with E-state index in [1.807, 2.05) is 24.8 Å². The molecule has 143 heavy (non-hydrogen) atoms. The van der Waals surface area contributed by atoms with Gasteiger partial charge in [0.25, 0.3) is 0 Å². The second-order valence-corrected chi connectivity index (χ2v) is 41.4. The third kappa shape index (κ3) is 13.7. The second-order valence-electron chi connectivity index (χ2n) is 37.2. The van der Waals surface area contributed by atoms with Gasteiger partial charge in [0.15, 0.2) is 0 Å². The molecule has 23 aromatic carbocycles. The van der Waals surface area contributed by atoms with Crippen LogP contribution in [0.5, 0.6) is 0 Å². The maximum Gasteiger partial charge on any atom is 0.125 e. The van der Waals surface area contributed by atoms with Crippen LogP contribution in [0.4, 0.5) is 0 Å². The van der Waals surface area contributed by atoms with E-state index in [0.29, 0.717) is 0 Å². The molecule has 0 amide bonds. The minimum atomic E-state index is 1.10. The lowest BCUT2D eigenvalue weighted by atomic mass is 9.85. The van der Waals surface area contributed by atoms with E-state index in [-0.39, 0.29) is 0 Å². The zero-order valence-corrected chi connectivity index (χ0v) is 80.2. The van der Waals surface area contributed by atoms with Gasteiger partial charge in [0.1, 0.15) is 19.3 Å². The highest BCUT2D eigenvalue weighted by Gasteiger charge is 2.23. The smallest absolute Gasteiger partial charge is 0.125 e. The number of thiophene rings is 4. The number of aromatic nitrogens is 5. The van der Waals surface area contributed by atoms with Crippen LogP contribution in [0.2, 0.25) is 0 Å². The number of hydrogen-bond acceptors (Lipinski definition) is 8. The summed E-state index contributed by atoms with van der Waals surface area (Å²) in [7, 11) is 0. The van der Waals surface area contributed by atoms with E-state index in [4.69, 9.17) is 19.9 Å². The molecule has 9 aromatic heterocycles. The zero-order valence-electron chi connectivity index (χ0n) is 77.0. The van der Waals surface area contributed by atoms with Crippen LogP contribution >= 0.6 is 45.3 Å². The van der Waals surface area contributed by atoms with Gasteiger partial charge in [0, 0.05) is 125 Å². The van der Waals surface area contributed by atoms with Crippen LogP contribution in [-0.2, 0) is 0 Å². The first-order valence-corrected chi connectivity index (χ1v) is 51.7. The summed E-state index contributed by atoms with van der Waals surface area (Å²) in [6, 6.07) is 165. The molecule has 0 radical (unpaired) electrons. The number of fused-ring (bicyclic) bond motifs is 35. The number of rotatable bonds is 6. The number of para-hydroxylation sites is 2. The van der Waals surface area contributed by atoms with Gasteiger partial charge in [-0.2, -0.15) is 0 Å². The topological polar surface area (TPSA) is 56.5 Å². The van der Waals surface area contributed by atoms with Crippen molar-refractivity contribution in [3.05, 3.63) is 480 Å². The Morgan fingerprint density at radius 2 is 0.399 bits per heavy atom. The molecule has 0 aliphatic carbocycles. The van der Waals surface area contributed by atoms with Crippen LogP contribution in [0.15, 0.2) is 480 Å². The van der Waals surface area contributed by atoms with E-state index >= 15 is 0 Å². The second kappa shape index (κ2) is 33.6. The van der Waals surface area contributed by atoms with Crippen LogP contribution in [0.1, 0.15) is 0 Å². The Labute approximate surface area is 836 Å². The van der Waals surface area contributed by atoms with Gasteiger partial charge in [-0.15, -0.1) is 45.3 Å². The summed E-state index contributed by atoms with van der Waals surface area (Å²) in [6.45, 7) is 0. The highest BCUT2D eigenvalue weighted by molar-refractivity contribution is 7.27. The first kappa shape index (κ1) is 82.5. The van der Waals surface area contributed by atoms with Crippen molar-refractivity contribution >= 4 is 278 Å². The van der Waals surface area contributed by atoms with E-state index in [9.17, 15) is 0 Å². The van der Waals surface area contributed by atoms with Gasteiger partial charge in [-0.25, -0.2) is 19.9 Å². The maximum atomic E-state index is 4.90. The van der Waals surface area contributed by atoms with Gasteiger partial charge in [-0.05, 0) is 254 Å². The van der Waals surface area contributed by atoms with Crippen LogP contribution in [-0.4, -0.2) is 24.5 Å². The molecule has 0 saturated carbocycles. The van der Waals surface area contributed by atoms with Crippen LogP contribution in [0.25, 0.3) is 294 Å². The molecular weight excluding hydrogens is 1810 g/mol. The fourth-order valence-electron chi connectivity index (χ4n) is 22.7. The Hall–Kier alpha value is -17.5. The van der Waals surface area contributed by atoms with Gasteiger partial charge < -0.3 is 4.57 Å². The van der Waals surface area contributed by atoms with Gasteiger partial charge >= 0.3 is 0 Å². The van der Waals surface area contributed by atoms with E-state index in [1.54, 1.807) is 45.3 Å². The molecule has 9 heteroatoms. The zero-order chi connectivity index (χ0) is 93.8. The normalized spacial score (nSPS) is 11.9. The van der Waals surface area contributed by atoms with Crippen molar-refractivity contribution in [3.63, 3.8) is 0 Å². The quantitative estimate of drug-likeness (QED) is 0.123. The molecule has 32 aromatic rings. The number of benzene rings is 23. The van der Waals surface area contributed by atoms with Crippen molar-refractivity contribution in [2.24, 2.45) is 0 Å². The number of nitrogens with zero attached hydrogens (tertiary/aromatic N) is 5. The molecule has 0 aliphatic heterocycles. The fraction of sp³-hybridized carbons (Fsp3) is 0. The van der Waals surface area contributed by atoms with E-state index in [2.05, 4.69) is 460 Å². The van der Waals surface area contributed by atoms with E-state index in [1.165, 1.54) is 274 Å². The van der Waals surface area contributed by atoms with Gasteiger partial charge in [0.2, 0.25) is 0 Å². The Kier molecular flexibility index (Phi) is 19.4. The molecular formula is C134H79N5S4. The molecule has 0 atom stereocenters. The lowest BCUT2D eigenvalue weighted by Gasteiger charge is -2.18. The predicted octanol–water partition coefficient (Wildman–Crippen LogP) is 39.1. The Morgan fingerprint density at radius 3 is 0.818 bits per heavy atom. The monoisotopic (exact) mass is 1890 g/mol. The predicted molar refractivity (Wildman–Crippen MR) is 620 cm³/mol. The summed E-state index contributed by atoms with van der Waals surface area (Å²) in [5, 5.41) is 43.2. The average molecular weight is 1890 g/mol. The molecule has 0 N–H and O–H groups in total. The third-order valence-corrected chi connectivity index (χ3v) is 33.6. The van der Waals surface area contributed by atoms with E-state index in [0.717, 1.165) is 19.3 Å². The Bertz CT molecular complexity index is 10800. The molecule has 32 rings (SSSR count). The minimum absolute atomic E-state index is 1.10. The Morgan fingerprint density at radius 1 is 0.147 bits per heavy atom. The third-order valence-electron chi connectivity index (χ3n) is 29.3. The molecule has 5 nitrogen and oxygen atoms in total. The highest BCUT2D eigenvalue weighted by Crippen LogP contribution is 2.50. The number of pyridine rings is 4. The fourth-order valence-corrected chi connectivity index (χ4v) is 27.0. The largest absolute Gasteiger partial charge is 0.309 e. The molecule has 0 spiro atoms. The molecule has 0 unspecified atom stereocenters. The summed E-state index contributed by atoms with van der Waals surface area (Å²) in [6.07, 6.45) is 8.11. The van der Waals surface area contributed by atoms with Gasteiger partial charge in [-0.1, -0.05) is 364 Å². The first-order valence-electron chi connectivity index (χ1n) is 48.5. The van der Waals surface area contributed by atoms with Crippen molar-refractivity contribution in [3.8, 4) is 61.3 Å². The summed E-state index contributed by atoms with van der Waals surface area (Å²) in [5.41, 5.74) is 16.0. The van der Waals surface area contributed by atoms with Crippen LogP contribution in [0, 0.1) is 0 Å². The molecule has 9 heterocycles. The average Bonchev–Trinajstić information content (AvgIpc) is 0.797. The van der Waals surface area contributed by atoms with Crippen molar-refractivity contribution in [1.29, 1.82) is 0 Å². The lowest BCUT2D eigenvalue weighted by molar-refractivity contribution is 1.18. The van der Waals surface area contributed by atoms with Crippen LogP contribution < -0.4 is 0 Å². The molecule has 0 aliphatic rings. The van der Waals surface area contributed by atoms with Gasteiger partial charge in [-0.3, -0.25) is 0 Å². The van der Waals surface area contributed by atoms with Crippen LogP contribution in [0.3, 0.4) is 0 Å². The minimum Gasteiger partial charge on any atom is -0.309 e. The molecule has 664 valence electrons. The Balaban J connectivity index is 0.0000000913.